The molecule has 0 atom stereocenters. The molecule has 7 nitrogen and oxygen atoms in total. The maximum Gasteiger partial charge on any atom is 0.267 e. The molecular formula is C10H12ClN5O2S. The summed E-state index contributed by atoms with van der Waals surface area (Å²) in [6.07, 6.45) is 0. The van der Waals surface area contributed by atoms with Gasteiger partial charge in [-0.25, -0.2) is 23.1 Å². The Kier molecular flexibility index (Phi) is 3.46. The van der Waals surface area contributed by atoms with Gasteiger partial charge in [-0.1, -0.05) is 11.6 Å². The molecule has 0 aliphatic rings. The second kappa shape index (κ2) is 4.78. The Morgan fingerprint density at radius 1 is 1.26 bits per heavy atom. The van der Waals surface area contributed by atoms with Gasteiger partial charge in [0.2, 0.25) is 5.95 Å². The van der Waals surface area contributed by atoms with E-state index in [-0.39, 0.29) is 16.0 Å². The highest BCUT2D eigenvalue weighted by Gasteiger charge is 2.23. The van der Waals surface area contributed by atoms with E-state index in [0.29, 0.717) is 17.1 Å². The van der Waals surface area contributed by atoms with Crippen LogP contribution in [0.3, 0.4) is 0 Å². The van der Waals surface area contributed by atoms with Gasteiger partial charge in [-0.3, -0.25) is 5.10 Å². The van der Waals surface area contributed by atoms with Crippen LogP contribution in [0.4, 0.5) is 5.95 Å². The number of hydrogen-bond donors (Lipinski definition) is 2. The fraction of sp³-hybridized carbons (Fsp3) is 0.300. The molecule has 0 unspecified atom stereocenters. The van der Waals surface area contributed by atoms with Crippen molar-refractivity contribution in [2.45, 2.75) is 25.7 Å². The lowest BCUT2D eigenvalue weighted by atomic mass is 10.4. The third-order valence-electron chi connectivity index (χ3n) is 2.38. The van der Waals surface area contributed by atoms with Gasteiger partial charge in [-0.2, -0.15) is 5.10 Å². The molecule has 0 spiro atoms. The third kappa shape index (κ3) is 2.85. The van der Waals surface area contributed by atoms with Crippen molar-refractivity contribution in [2.24, 2.45) is 0 Å². The van der Waals surface area contributed by atoms with Gasteiger partial charge in [-0.05, 0) is 26.8 Å². The van der Waals surface area contributed by atoms with E-state index in [2.05, 4.69) is 24.9 Å². The van der Waals surface area contributed by atoms with Gasteiger partial charge in [0.05, 0.1) is 11.4 Å². The minimum Gasteiger partial charge on any atom is -0.281 e. The number of nitrogens with one attached hydrogen (secondary N) is 2. The molecule has 19 heavy (non-hydrogen) atoms. The SMILES string of the molecule is Cc1cc(Cl)nc(NS(=O)(=O)c2c(C)n[nH]c2C)n1. The summed E-state index contributed by atoms with van der Waals surface area (Å²) in [5, 5.41) is 6.64. The van der Waals surface area contributed by atoms with Gasteiger partial charge in [0, 0.05) is 5.69 Å². The molecule has 102 valence electrons. The zero-order chi connectivity index (χ0) is 14.2. The highest BCUT2D eigenvalue weighted by Crippen LogP contribution is 2.20. The molecule has 0 radical (unpaired) electrons. The normalized spacial score (nSPS) is 11.6. The van der Waals surface area contributed by atoms with E-state index in [4.69, 9.17) is 11.6 Å². The summed E-state index contributed by atoms with van der Waals surface area (Å²) in [4.78, 5) is 7.89. The quantitative estimate of drug-likeness (QED) is 0.838. The maximum atomic E-state index is 12.2. The molecule has 2 aromatic heterocycles. The van der Waals surface area contributed by atoms with E-state index >= 15 is 0 Å². The lowest BCUT2D eigenvalue weighted by molar-refractivity contribution is 0.599. The number of sulfonamides is 1. The number of aryl methyl sites for hydroxylation is 3. The standard InChI is InChI=1S/C10H12ClN5O2S/c1-5-4-8(11)13-10(12-5)16-19(17,18)9-6(2)14-15-7(9)3/h4H,1-3H3,(H,14,15)(H,12,13,16). The van der Waals surface area contributed by atoms with Crippen LogP contribution >= 0.6 is 11.6 Å². The molecule has 0 aliphatic heterocycles. The highest BCUT2D eigenvalue weighted by atomic mass is 35.5. The van der Waals surface area contributed by atoms with Crippen molar-refractivity contribution < 1.29 is 8.42 Å². The van der Waals surface area contributed by atoms with Crippen molar-refractivity contribution in [3.8, 4) is 0 Å². The van der Waals surface area contributed by atoms with Gasteiger partial charge in [0.15, 0.2) is 0 Å². The second-order valence-electron chi connectivity index (χ2n) is 4.02. The lowest BCUT2D eigenvalue weighted by Gasteiger charge is -2.07. The number of anilines is 1. The highest BCUT2D eigenvalue weighted by molar-refractivity contribution is 7.92. The minimum atomic E-state index is -3.79. The summed E-state index contributed by atoms with van der Waals surface area (Å²) in [6.45, 7) is 4.92. The molecular weight excluding hydrogens is 290 g/mol. The summed E-state index contributed by atoms with van der Waals surface area (Å²) in [5.41, 5.74) is 1.39. The minimum absolute atomic E-state index is 0.0648. The Bertz CT molecular complexity index is 686. The van der Waals surface area contributed by atoms with Crippen LogP contribution in [0.15, 0.2) is 11.0 Å². The first-order valence-electron chi connectivity index (χ1n) is 5.35. The molecule has 0 amide bonds. The first kappa shape index (κ1) is 13.8. The lowest BCUT2D eigenvalue weighted by Crippen LogP contribution is -2.16. The number of rotatable bonds is 3. The average molecular weight is 302 g/mol. The Hall–Kier alpha value is -1.67. The monoisotopic (exact) mass is 301 g/mol. The Labute approximate surface area is 115 Å². The zero-order valence-corrected chi connectivity index (χ0v) is 12.1. The maximum absolute atomic E-state index is 12.2. The number of halogens is 1. The van der Waals surface area contributed by atoms with Gasteiger partial charge in [0.25, 0.3) is 10.0 Å². The van der Waals surface area contributed by atoms with Gasteiger partial charge in [0.1, 0.15) is 10.0 Å². The van der Waals surface area contributed by atoms with E-state index in [1.807, 2.05) is 0 Å². The molecule has 2 rings (SSSR count). The number of hydrogen-bond acceptors (Lipinski definition) is 5. The molecule has 0 fully saturated rings. The summed E-state index contributed by atoms with van der Waals surface area (Å²) >= 11 is 5.76. The summed E-state index contributed by atoms with van der Waals surface area (Å²) in [7, 11) is -3.79. The fourth-order valence-electron chi connectivity index (χ4n) is 1.68. The van der Waals surface area contributed by atoms with Crippen molar-refractivity contribution in [1.82, 2.24) is 20.2 Å². The summed E-state index contributed by atoms with van der Waals surface area (Å²) in [5.74, 6) is -0.0648. The van der Waals surface area contributed by atoms with Crippen molar-refractivity contribution in [3.05, 3.63) is 28.3 Å². The van der Waals surface area contributed by atoms with Crippen LogP contribution < -0.4 is 4.72 Å². The first-order valence-corrected chi connectivity index (χ1v) is 7.21. The molecule has 0 saturated heterocycles. The van der Waals surface area contributed by atoms with Crippen LogP contribution in [0.1, 0.15) is 17.1 Å². The van der Waals surface area contributed by atoms with E-state index in [1.54, 1.807) is 20.8 Å². The molecule has 0 aromatic carbocycles. The van der Waals surface area contributed by atoms with Crippen LogP contribution in [0, 0.1) is 20.8 Å². The molecule has 0 bridgehead atoms. The van der Waals surface area contributed by atoms with Crippen LogP contribution in [0.5, 0.6) is 0 Å². The fourth-order valence-corrected chi connectivity index (χ4v) is 3.24. The Morgan fingerprint density at radius 3 is 2.47 bits per heavy atom. The number of nitrogens with zero attached hydrogens (tertiary/aromatic N) is 3. The Morgan fingerprint density at radius 2 is 1.95 bits per heavy atom. The largest absolute Gasteiger partial charge is 0.281 e. The number of aromatic nitrogens is 4. The molecule has 9 heteroatoms. The van der Waals surface area contributed by atoms with Gasteiger partial charge in [-0.15, -0.1) is 0 Å². The van der Waals surface area contributed by atoms with Gasteiger partial charge < -0.3 is 0 Å². The summed E-state index contributed by atoms with van der Waals surface area (Å²) in [6, 6.07) is 1.54. The van der Waals surface area contributed by atoms with Gasteiger partial charge >= 0.3 is 0 Å². The topological polar surface area (TPSA) is 101 Å². The predicted octanol–water partition coefficient (Wildman–Crippen LogP) is 1.58. The number of aromatic amines is 1. The molecule has 2 heterocycles. The third-order valence-corrected chi connectivity index (χ3v) is 4.16. The molecule has 0 saturated carbocycles. The molecule has 0 aliphatic carbocycles. The van der Waals surface area contributed by atoms with E-state index in [1.165, 1.54) is 6.07 Å². The van der Waals surface area contributed by atoms with E-state index in [9.17, 15) is 8.42 Å². The second-order valence-corrected chi connectivity index (χ2v) is 6.03. The van der Waals surface area contributed by atoms with E-state index in [0.717, 1.165) is 0 Å². The van der Waals surface area contributed by atoms with E-state index < -0.39 is 10.0 Å². The van der Waals surface area contributed by atoms with Crippen LogP contribution in [0.25, 0.3) is 0 Å². The smallest absolute Gasteiger partial charge is 0.267 e. The van der Waals surface area contributed by atoms with Crippen LogP contribution in [0.2, 0.25) is 5.15 Å². The van der Waals surface area contributed by atoms with Crippen molar-refractivity contribution >= 4 is 27.6 Å². The molecule has 2 aromatic rings. The first-order chi connectivity index (χ1) is 8.79. The summed E-state index contributed by atoms with van der Waals surface area (Å²) < 4.78 is 26.8. The zero-order valence-electron chi connectivity index (χ0n) is 10.5. The van der Waals surface area contributed by atoms with Crippen molar-refractivity contribution in [1.29, 1.82) is 0 Å². The molecule has 2 N–H and O–H groups in total. The number of H-pyrrole nitrogens is 1. The van der Waals surface area contributed by atoms with Crippen molar-refractivity contribution in [3.63, 3.8) is 0 Å². The van der Waals surface area contributed by atoms with Crippen LogP contribution in [-0.2, 0) is 10.0 Å². The van der Waals surface area contributed by atoms with Crippen molar-refractivity contribution in [2.75, 3.05) is 4.72 Å². The Balaban J connectivity index is 2.42. The average Bonchev–Trinajstić information content (AvgIpc) is 2.56. The predicted molar refractivity (Wildman–Crippen MR) is 70.6 cm³/mol. The van der Waals surface area contributed by atoms with Crippen LogP contribution in [-0.4, -0.2) is 28.6 Å².